The zero-order chi connectivity index (χ0) is 10.1. The van der Waals surface area contributed by atoms with Crippen LogP contribution in [0.25, 0.3) is 0 Å². The van der Waals surface area contributed by atoms with E-state index in [1.807, 2.05) is 0 Å². The minimum absolute atomic E-state index is 0.00401. The molecule has 0 saturated carbocycles. The lowest BCUT2D eigenvalue weighted by molar-refractivity contribution is -0.138. The summed E-state index contributed by atoms with van der Waals surface area (Å²) in [6.07, 6.45) is -4.37. The van der Waals surface area contributed by atoms with Crippen molar-refractivity contribution in [3.63, 3.8) is 0 Å². The van der Waals surface area contributed by atoms with E-state index in [0.717, 1.165) is 6.07 Å². The zero-order valence-corrected chi connectivity index (χ0v) is 8.46. The Morgan fingerprint density at radius 3 is 2.38 bits per heavy atom. The van der Waals surface area contributed by atoms with Crippen molar-refractivity contribution in [3.8, 4) is 0 Å². The normalized spacial score (nSPS) is 11.5. The SMILES string of the molecule is FC(F)(F)c1cc(NCl)ccc1Br. The lowest BCUT2D eigenvalue weighted by Gasteiger charge is -2.09. The number of rotatable bonds is 1. The molecule has 1 nitrogen and oxygen atoms in total. The van der Waals surface area contributed by atoms with E-state index in [1.54, 1.807) is 0 Å². The molecule has 13 heavy (non-hydrogen) atoms. The van der Waals surface area contributed by atoms with Gasteiger partial charge in [0.2, 0.25) is 0 Å². The summed E-state index contributed by atoms with van der Waals surface area (Å²) < 4.78 is 36.8. The molecule has 0 saturated heterocycles. The van der Waals surface area contributed by atoms with E-state index >= 15 is 0 Å². The van der Waals surface area contributed by atoms with Crippen molar-refractivity contribution in [2.45, 2.75) is 6.18 Å². The van der Waals surface area contributed by atoms with Crippen molar-refractivity contribution >= 4 is 33.4 Å². The van der Waals surface area contributed by atoms with Gasteiger partial charge in [-0.2, -0.15) is 13.2 Å². The number of hydrogen-bond acceptors (Lipinski definition) is 1. The summed E-state index contributed by atoms with van der Waals surface area (Å²) in [5.74, 6) is 0. The third-order valence-electron chi connectivity index (χ3n) is 1.38. The minimum atomic E-state index is -4.37. The molecule has 0 heterocycles. The van der Waals surface area contributed by atoms with Crippen LogP contribution in [0.2, 0.25) is 0 Å². The van der Waals surface area contributed by atoms with Crippen molar-refractivity contribution in [1.29, 1.82) is 0 Å². The highest BCUT2D eigenvalue weighted by Crippen LogP contribution is 2.36. The summed E-state index contributed by atoms with van der Waals surface area (Å²) in [5.41, 5.74) is -0.546. The van der Waals surface area contributed by atoms with Gasteiger partial charge in [0.25, 0.3) is 0 Å². The van der Waals surface area contributed by atoms with Gasteiger partial charge in [0.15, 0.2) is 0 Å². The first-order valence-corrected chi connectivity index (χ1v) is 4.35. The lowest BCUT2D eigenvalue weighted by atomic mass is 10.2. The Balaban J connectivity index is 3.19. The third kappa shape index (κ3) is 2.51. The molecule has 1 aromatic carbocycles. The van der Waals surface area contributed by atoms with Gasteiger partial charge in [-0.25, -0.2) is 0 Å². The number of alkyl halides is 3. The number of anilines is 1. The van der Waals surface area contributed by atoms with Gasteiger partial charge in [0.1, 0.15) is 0 Å². The van der Waals surface area contributed by atoms with Crippen molar-refractivity contribution in [2.24, 2.45) is 0 Å². The second kappa shape index (κ2) is 3.75. The zero-order valence-electron chi connectivity index (χ0n) is 6.12. The monoisotopic (exact) mass is 273 g/mol. The Morgan fingerprint density at radius 2 is 1.92 bits per heavy atom. The van der Waals surface area contributed by atoms with Gasteiger partial charge in [-0.15, -0.1) is 0 Å². The van der Waals surface area contributed by atoms with Crippen LogP contribution in [0.15, 0.2) is 22.7 Å². The maximum absolute atomic E-state index is 12.3. The molecule has 0 spiro atoms. The largest absolute Gasteiger partial charge is 0.417 e. The molecule has 0 unspecified atom stereocenters. The lowest BCUT2D eigenvalue weighted by Crippen LogP contribution is -2.06. The molecule has 0 aromatic heterocycles. The summed E-state index contributed by atoms with van der Waals surface area (Å²) >= 11 is 7.97. The van der Waals surface area contributed by atoms with E-state index in [4.69, 9.17) is 11.8 Å². The summed E-state index contributed by atoms with van der Waals surface area (Å²) in [6, 6.07) is 3.65. The van der Waals surface area contributed by atoms with E-state index in [0.29, 0.717) is 0 Å². The Labute approximate surface area is 86.1 Å². The van der Waals surface area contributed by atoms with Gasteiger partial charge < -0.3 is 0 Å². The third-order valence-corrected chi connectivity index (χ3v) is 2.29. The first-order valence-electron chi connectivity index (χ1n) is 3.18. The minimum Gasteiger partial charge on any atom is -0.299 e. The highest BCUT2D eigenvalue weighted by Gasteiger charge is 2.33. The molecule has 0 atom stereocenters. The molecule has 72 valence electrons. The molecular weight excluding hydrogens is 270 g/mol. The summed E-state index contributed by atoms with van der Waals surface area (Å²) in [7, 11) is 0. The highest BCUT2D eigenvalue weighted by atomic mass is 79.9. The fraction of sp³-hybridized carbons (Fsp3) is 0.143. The van der Waals surface area contributed by atoms with Crippen LogP contribution in [0.4, 0.5) is 18.9 Å². The summed E-state index contributed by atoms with van der Waals surface area (Å²) in [5, 5.41) is 0. The predicted molar refractivity (Wildman–Crippen MR) is 48.6 cm³/mol. The van der Waals surface area contributed by atoms with Gasteiger partial charge in [0, 0.05) is 21.9 Å². The number of halogens is 5. The molecule has 1 rings (SSSR count). The molecule has 0 aliphatic rings. The molecule has 1 aromatic rings. The molecule has 0 aliphatic heterocycles. The Hall–Kier alpha value is -0.420. The average Bonchev–Trinajstić information content (AvgIpc) is 2.03. The van der Waals surface area contributed by atoms with Crippen LogP contribution in [0.5, 0.6) is 0 Å². The predicted octanol–water partition coefficient (Wildman–Crippen LogP) is 4.03. The topological polar surface area (TPSA) is 12.0 Å². The maximum atomic E-state index is 12.3. The fourth-order valence-corrected chi connectivity index (χ4v) is 1.39. The van der Waals surface area contributed by atoms with Crippen molar-refractivity contribution < 1.29 is 13.2 Å². The molecule has 6 heteroatoms. The molecule has 1 N–H and O–H groups in total. The number of hydrogen-bond donors (Lipinski definition) is 1. The highest BCUT2D eigenvalue weighted by molar-refractivity contribution is 9.10. The number of nitrogens with one attached hydrogen (secondary N) is 1. The molecule has 0 bridgehead atoms. The quantitative estimate of drug-likeness (QED) is 0.762. The second-order valence-corrected chi connectivity index (χ2v) is 3.33. The van der Waals surface area contributed by atoms with Crippen LogP contribution in [-0.4, -0.2) is 0 Å². The smallest absolute Gasteiger partial charge is 0.299 e. The van der Waals surface area contributed by atoms with Crippen molar-refractivity contribution in [2.75, 3.05) is 4.84 Å². The van der Waals surface area contributed by atoms with Gasteiger partial charge in [0.05, 0.1) is 5.56 Å². The molecule has 0 amide bonds. The first kappa shape index (κ1) is 10.7. The number of benzene rings is 1. The fourth-order valence-electron chi connectivity index (χ4n) is 0.801. The summed E-state index contributed by atoms with van der Waals surface area (Å²) in [4.78, 5) is 2.12. The van der Waals surface area contributed by atoms with Crippen LogP contribution in [0.3, 0.4) is 0 Å². The van der Waals surface area contributed by atoms with Crippen molar-refractivity contribution in [3.05, 3.63) is 28.2 Å². The molecule has 0 fully saturated rings. The standard InChI is InChI=1S/C7H4BrClF3N/c8-6-2-1-4(13-9)3-5(6)7(10,11)12/h1-3,13H. The second-order valence-electron chi connectivity index (χ2n) is 2.29. The van der Waals surface area contributed by atoms with Gasteiger partial charge >= 0.3 is 6.18 Å². The van der Waals surface area contributed by atoms with E-state index in [2.05, 4.69) is 20.8 Å². The van der Waals surface area contributed by atoms with Gasteiger partial charge in [-0.3, -0.25) is 4.84 Å². The molecule has 0 radical (unpaired) electrons. The van der Waals surface area contributed by atoms with Crippen LogP contribution in [0, 0.1) is 0 Å². The Kier molecular flexibility index (Phi) is 3.08. The van der Waals surface area contributed by atoms with Crippen LogP contribution in [-0.2, 0) is 6.18 Å². The molecule has 0 aliphatic carbocycles. The van der Waals surface area contributed by atoms with Gasteiger partial charge in [-0.1, -0.05) is 15.9 Å². The van der Waals surface area contributed by atoms with Crippen LogP contribution in [0.1, 0.15) is 5.56 Å². The Bertz CT molecular complexity index is 313. The first-order chi connectivity index (χ1) is 5.95. The van der Waals surface area contributed by atoms with E-state index in [9.17, 15) is 13.2 Å². The Morgan fingerprint density at radius 1 is 1.31 bits per heavy atom. The van der Waals surface area contributed by atoms with Crippen LogP contribution >= 0.6 is 27.7 Å². The van der Waals surface area contributed by atoms with Crippen LogP contribution < -0.4 is 4.84 Å². The van der Waals surface area contributed by atoms with Crippen molar-refractivity contribution in [1.82, 2.24) is 0 Å². The van der Waals surface area contributed by atoms with E-state index < -0.39 is 11.7 Å². The van der Waals surface area contributed by atoms with E-state index in [-0.39, 0.29) is 10.2 Å². The maximum Gasteiger partial charge on any atom is 0.417 e. The average molecular weight is 274 g/mol. The van der Waals surface area contributed by atoms with Gasteiger partial charge in [-0.05, 0) is 18.2 Å². The molecular formula is C7H4BrClF3N. The van der Waals surface area contributed by atoms with E-state index in [1.165, 1.54) is 12.1 Å². The summed E-state index contributed by atoms with van der Waals surface area (Å²) in [6.45, 7) is 0.